The van der Waals surface area contributed by atoms with Gasteiger partial charge in [-0.3, -0.25) is 0 Å². The van der Waals surface area contributed by atoms with Gasteiger partial charge in [0.25, 0.3) is 0 Å². The number of aliphatic hydroxyl groups is 16. The van der Waals surface area contributed by atoms with E-state index in [1.807, 2.05) is 0 Å². The molecule has 0 aromatic heterocycles. The Bertz CT molecular complexity index is 1140. The van der Waals surface area contributed by atoms with Crippen molar-refractivity contribution in [1.82, 2.24) is 0 Å². The first kappa shape index (κ1) is 58.9. The van der Waals surface area contributed by atoms with Crippen LogP contribution >= 0.6 is 15.6 Å². The molecule has 0 saturated carbocycles. The zero-order valence-electron chi connectivity index (χ0n) is 29.1. The van der Waals surface area contributed by atoms with Gasteiger partial charge in [0, 0.05) is 0 Å². The van der Waals surface area contributed by atoms with Gasteiger partial charge in [-0.1, -0.05) is 0 Å². The van der Waals surface area contributed by atoms with Crippen LogP contribution in [0.1, 0.15) is 0 Å². The van der Waals surface area contributed by atoms with E-state index in [1.165, 1.54) is 0 Å². The smallest absolute Gasteiger partial charge is 0.790 e. The molecule has 4 aliphatic heterocycles. The Balaban J connectivity index is 0.000000884. The minimum Gasteiger partial charge on any atom is -0.790 e. The molecule has 0 aliphatic carbocycles. The van der Waals surface area contributed by atoms with E-state index in [4.69, 9.17) is 38.6 Å². The van der Waals surface area contributed by atoms with Crippen molar-refractivity contribution in [3.8, 4) is 0 Å². The van der Waals surface area contributed by atoms with Crippen molar-refractivity contribution in [3.63, 3.8) is 0 Å². The predicted octanol–water partition coefficient (Wildman–Crippen LogP) is -14.9. The molecule has 4 aliphatic rings. The molecule has 20 atom stereocenters. The molecule has 0 spiro atoms. The van der Waals surface area contributed by atoms with Crippen LogP contribution in [0.25, 0.3) is 0 Å². The van der Waals surface area contributed by atoms with Crippen molar-refractivity contribution in [3.05, 3.63) is 0 Å². The average Bonchev–Trinajstić information content (AvgIpc) is 3.10. The Hall–Kier alpha value is 1.90. The zero-order chi connectivity index (χ0) is 42.3. The summed E-state index contributed by atoms with van der Waals surface area (Å²) in [4.78, 5) is 37.3. The molecule has 33 heteroatoms. The van der Waals surface area contributed by atoms with Crippen LogP contribution in [0, 0.1) is 0 Å². The molecule has 16 N–H and O–H groups in total. The molecule has 29 nitrogen and oxygen atoms in total. The summed E-state index contributed by atoms with van der Waals surface area (Å²) in [6.07, 6.45) is -31.1. The number of phosphoric acid groups is 2. The Morgan fingerprint density at radius 3 is 0.912 bits per heavy atom. The van der Waals surface area contributed by atoms with Crippen molar-refractivity contribution in [2.75, 3.05) is 26.4 Å². The SMILES string of the molecule is O=P([O-])([O-])OP(=O)([O-])[O-].OC[C@H]1O[C@@H](O[C@H]2[C@H](O)[C@@H](O)[C@@H](O)O[C@@H]2CO)[C@H](O)[C@@H](O)[C@H]1O.OC[C@H]1O[C@@H](O[C@H]2[C@H](O)[C@@H](O)[C@@H](O)O[C@@H]2CO)[C@H](O)[C@@H](O)[C@H]1O.[Ca+2].[Ca+2]. The van der Waals surface area contributed by atoms with Crippen molar-refractivity contribution in [1.29, 1.82) is 0 Å². The fourth-order valence-electron chi connectivity index (χ4n) is 5.26. The fourth-order valence-corrected chi connectivity index (χ4v) is 6.24. The van der Waals surface area contributed by atoms with Crippen LogP contribution in [0.2, 0.25) is 0 Å². The second-order valence-corrected chi connectivity index (χ2v) is 14.5. The summed E-state index contributed by atoms with van der Waals surface area (Å²) < 4.78 is 51.7. The third-order valence-electron chi connectivity index (χ3n) is 8.16. The second-order valence-electron chi connectivity index (χ2n) is 12.0. The van der Waals surface area contributed by atoms with Gasteiger partial charge in [-0.15, -0.1) is 0 Å². The maximum atomic E-state index is 9.94. The maximum absolute atomic E-state index is 9.94. The maximum Gasteiger partial charge on any atom is 2.00 e. The Kier molecular flexibility index (Phi) is 26.9. The summed E-state index contributed by atoms with van der Waals surface area (Å²) in [6, 6.07) is 0. The minimum absolute atomic E-state index is 0. The summed E-state index contributed by atoms with van der Waals surface area (Å²) in [5, 5.41) is 153. The molecule has 0 bridgehead atoms. The van der Waals surface area contributed by atoms with Crippen molar-refractivity contribution < 1.29 is 143 Å². The molecule has 0 unspecified atom stereocenters. The van der Waals surface area contributed by atoms with E-state index in [1.54, 1.807) is 0 Å². The molecule has 4 fully saturated rings. The monoisotopic (exact) mass is 938 g/mol. The van der Waals surface area contributed by atoms with Crippen LogP contribution in [0.15, 0.2) is 0 Å². The first-order valence-corrected chi connectivity index (χ1v) is 18.5. The predicted molar refractivity (Wildman–Crippen MR) is 165 cm³/mol. The van der Waals surface area contributed by atoms with E-state index in [0.29, 0.717) is 0 Å². The van der Waals surface area contributed by atoms with Crippen LogP contribution in [-0.4, -0.2) is 306 Å². The minimum atomic E-state index is -5.68. The Labute approximate surface area is 380 Å². The van der Waals surface area contributed by atoms with Crippen LogP contribution in [0.5, 0.6) is 0 Å². The van der Waals surface area contributed by atoms with E-state index < -0.39 is 165 Å². The number of aliphatic hydroxyl groups excluding tert-OH is 16. The van der Waals surface area contributed by atoms with Gasteiger partial charge in [-0.05, 0) is 0 Å². The standard InChI is InChI=1S/2C12H22O11.2Ca.H4O7P2/c2*13-1-3-5(15)6(16)9(19)12(22-3)23-10-4(2-14)21-11(20)8(18)7(10)17;;;1-8(2,3)7-9(4,5)6/h2*3-20H,1-2H2;;;(H2,1,2,3)(H2,4,5,6)/q;;2*+2;/p-4/t2*3-,4-,5+,6+,7-,8-,9-,10-,11+,12+;;;/m11.../s1. The molecule has 4 saturated heterocycles. The first-order valence-electron chi connectivity index (χ1n) is 15.6. The van der Waals surface area contributed by atoms with Crippen LogP contribution in [0.3, 0.4) is 0 Å². The molecular formula is C24H44Ca2O29P2. The van der Waals surface area contributed by atoms with Crippen LogP contribution in [-0.2, 0) is 41.9 Å². The van der Waals surface area contributed by atoms with Gasteiger partial charge in [0.2, 0.25) is 0 Å². The summed E-state index contributed by atoms with van der Waals surface area (Å²) in [6.45, 7) is -2.69. The summed E-state index contributed by atoms with van der Waals surface area (Å²) in [5.41, 5.74) is 0. The number of hydrogen-bond acceptors (Lipinski definition) is 29. The molecule has 4 rings (SSSR count). The third kappa shape index (κ3) is 16.8. The summed E-state index contributed by atoms with van der Waals surface area (Å²) in [5.74, 6) is 0. The van der Waals surface area contributed by atoms with Crippen LogP contribution in [0.4, 0.5) is 0 Å². The molecule has 0 aromatic rings. The Morgan fingerprint density at radius 1 is 0.404 bits per heavy atom. The topological polar surface area (TPSA) is 515 Å². The third-order valence-corrected chi connectivity index (χ3v) is 9.76. The average molecular weight is 939 g/mol. The van der Waals surface area contributed by atoms with Gasteiger partial charge in [-0.2, -0.15) is 0 Å². The van der Waals surface area contributed by atoms with Gasteiger partial charge in [-0.25, -0.2) is 0 Å². The molecule has 57 heavy (non-hydrogen) atoms. The fraction of sp³-hybridized carbons (Fsp3) is 1.00. The van der Waals surface area contributed by atoms with E-state index in [9.17, 15) is 100 Å². The van der Waals surface area contributed by atoms with E-state index >= 15 is 0 Å². The number of hydrogen-bond donors (Lipinski definition) is 16. The molecule has 0 radical (unpaired) electrons. The van der Waals surface area contributed by atoms with Crippen molar-refractivity contribution >= 4 is 91.1 Å². The second kappa shape index (κ2) is 26.0. The van der Waals surface area contributed by atoms with Gasteiger partial charge in [0.05, 0.1) is 42.1 Å². The summed E-state index contributed by atoms with van der Waals surface area (Å²) in [7, 11) is -11.4. The molecule has 0 amide bonds. The quantitative estimate of drug-likeness (QED) is 0.0714. The summed E-state index contributed by atoms with van der Waals surface area (Å²) >= 11 is 0. The van der Waals surface area contributed by atoms with E-state index in [-0.39, 0.29) is 75.5 Å². The van der Waals surface area contributed by atoms with Gasteiger partial charge in [0.1, 0.15) is 97.7 Å². The normalized spacial score (nSPS) is 43.9. The van der Waals surface area contributed by atoms with Gasteiger partial charge >= 0.3 is 75.5 Å². The number of rotatable bonds is 10. The molecular weight excluding hydrogens is 894 g/mol. The van der Waals surface area contributed by atoms with Gasteiger partial charge < -0.3 is 143 Å². The number of ether oxygens (including phenoxy) is 6. The Morgan fingerprint density at radius 2 is 0.684 bits per heavy atom. The van der Waals surface area contributed by atoms with Crippen molar-refractivity contribution in [2.45, 2.75) is 123 Å². The first-order chi connectivity index (χ1) is 25.3. The van der Waals surface area contributed by atoms with Crippen LogP contribution < -0.4 is 19.6 Å². The van der Waals surface area contributed by atoms with Gasteiger partial charge in [0.15, 0.2) is 25.2 Å². The van der Waals surface area contributed by atoms with E-state index in [2.05, 4.69) is 4.31 Å². The molecule has 4 heterocycles. The largest absolute Gasteiger partial charge is 2.00 e. The van der Waals surface area contributed by atoms with Crippen molar-refractivity contribution in [2.24, 2.45) is 0 Å². The molecule has 328 valence electrons. The molecule has 0 aromatic carbocycles. The van der Waals surface area contributed by atoms with E-state index in [0.717, 1.165) is 0 Å². The zero-order valence-corrected chi connectivity index (χ0v) is 35.4.